The first-order valence-corrected chi connectivity index (χ1v) is 10.2. The van der Waals surface area contributed by atoms with E-state index in [1.54, 1.807) is 6.92 Å². The molecule has 164 valence electrons. The van der Waals surface area contributed by atoms with Crippen LogP contribution in [0.1, 0.15) is 42.7 Å². The summed E-state index contributed by atoms with van der Waals surface area (Å²) in [6.45, 7) is 1.72. The highest BCUT2D eigenvalue weighted by atomic mass is 16.6. The molecule has 8 heteroatoms. The molecule has 0 radical (unpaired) electrons. The van der Waals surface area contributed by atoms with Crippen molar-refractivity contribution in [1.82, 2.24) is 5.32 Å². The number of aromatic hydroxyl groups is 1. The molecule has 1 heterocycles. The largest absolute Gasteiger partial charge is 0.502 e. The number of methoxy groups -OCH3 is 1. The van der Waals surface area contributed by atoms with Crippen molar-refractivity contribution in [3.05, 3.63) is 92.3 Å². The normalized spacial score (nSPS) is 20.5. The van der Waals surface area contributed by atoms with Crippen LogP contribution < -0.4 is 5.32 Å². The Balaban J connectivity index is 1.86. The van der Waals surface area contributed by atoms with Gasteiger partial charge >= 0.3 is 11.7 Å². The van der Waals surface area contributed by atoms with Crippen LogP contribution in [0.25, 0.3) is 0 Å². The van der Waals surface area contributed by atoms with Crippen molar-refractivity contribution < 1.29 is 24.4 Å². The maximum Gasteiger partial charge on any atom is 0.336 e. The number of phenols is 1. The molecule has 32 heavy (non-hydrogen) atoms. The van der Waals surface area contributed by atoms with E-state index in [1.165, 1.54) is 25.3 Å². The Hall–Kier alpha value is -3.94. The molecule has 1 aliphatic carbocycles. The van der Waals surface area contributed by atoms with Crippen molar-refractivity contribution in [2.45, 2.75) is 31.6 Å². The average molecular weight is 434 g/mol. The quantitative estimate of drug-likeness (QED) is 0.426. The average Bonchev–Trinajstić information content (AvgIpc) is 2.78. The van der Waals surface area contributed by atoms with Crippen molar-refractivity contribution in [1.29, 1.82) is 0 Å². The van der Waals surface area contributed by atoms with E-state index < -0.39 is 28.2 Å². The molecule has 0 aromatic heterocycles. The van der Waals surface area contributed by atoms with Crippen LogP contribution >= 0.6 is 0 Å². The van der Waals surface area contributed by atoms with Gasteiger partial charge in [-0.05, 0) is 36.5 Å². The maximum absolute atomic E-state index is 13.4. The number of benzene rings is 2. The number of rotatable bonds is 4. The van der Waals surface area contributed by atoms with Crippen molar-refractivity contribution >= 4 is 17.4 Å². The number of dihydropyridines is 1. The first kappa shape index (κ1) is 21.3. The molecule has 8 nitrogen and oxygen atoms in total. The number of nitrogens with one attached hydrogen (secondary N) is 1. The molecule has 1 aliphatic heterocycles. The van der Waals surface area contributed by atoms with Gasteiger partial charge in [-0.1, -0.05) is 36.4 Å². The molecule has 0 amide bonds. The second-order valence-corrected chi connectivity index (χ2v) is 7.92. The van der Waals surface area contributed by atoms with Gasteiger partial charge in [0.2, 0.25) is 0 Å². The highest BCUT2D eigenvalue weighted by Crippen LogP contribution is 2.46. The molecule has 4 rings (SSSR count). The standard InChI is InChI=1S/C24H22N2O6/c1-13-21(24(29)32-2)22(15-8-9-19(27)18(11-15)26(30)31)23-17(25-13)10-16(12-20(23)28)14-6-4-3-5-7-14/h3-9,11,16,22,25,27H,10,12H2,1-2H3. The molecule has 0 bridgehead atoms. The fourth-order valence-electron chi connectivity index (χ4n) is 4.58. The molecule has 0 spiro atoms. The maximum atomic E-state index is 13.4. The Morgan fingerprint density at radius 1 is 1.16 bits per heavy atom. The van der Waals surface area contributed by atoms with Crippen LogP contribution in [0.15, 0.2) is 71.1 Å². The number of carbonyl (C=O) groups is 2. The molecule has 2 aliphatic rings. The number of Topliss-reactive ketones (excluding diaryl/α,β-unsaturated/α-hetero) is 1. The number of allylic oxidation sites excluding steroid dienone is 3. The lowest BCUT2D eigenvalue weighted by atomic mass is 9.71. The number of nitro benzene ring substituents is 1. The minimum Gasteiger partial charge on any atom is -0.502 e. The second kappa shape index (κ2) is 8.30. The summed E-state index contributed by atoms with van der Waals surface area (Å²) in [7, 11) is 1.25. The van der Waals surface area contributed by atoms with E-state index in [1.807, 2.05) is 30.3 Å². The third-order valence-electron chi connectivity index (χ3n) is 6.03. The van der Waals surface area contributed by atoms with Crippen LogP contribution in [0, 0.1) is 10.1 Å². The Morgan fingerprint density at radius 2 is 1.88 bits per heavy atom. The van der Waals surface area contributed by atoms with Gasteiger partial charge in [-0.2, -0.15) is 0 Å². The minimum atomic E-state index is -0.831. The van der Waals surface area contributed by atoms with E-state index in [0.717, 1.165) is 5.56 Å². The number of hydrogen-bond acceptors (Lipinski definition) is 7. The first-order chi connectivity index (χ1) is 15.3. The number of ketones is 1. The van der Waals surface area contributed by atoms with E-state index in [2.05, 4.69) is 5.32 Å². The van der Waals surface area contributed by atoms with Gasteiger partial charge in [0.15, 0.2) is 11.5 Å². The van der Waals surface area contributed by atoms with E-state index in [0.29, 0.717) is 29.0 Å². The highest BCUT2D eigenvalue weighted by Gasteiger charge is 2.41. The molecular weight excluding hydrogens is 412 g/mol. The number of nitrogens with zero attached hydrogens (tertiary/aromatic N) is 1. The number of ether oxygens (including phenoxy) is 1. The predicted octanol–water partition coefficient (Wildman–Crippen LogP) is 3.84. The van der Waals surface area contributed by atoms with Crippen molar-refractivity contribution in [3.8, 4) is 5.75 Å². The smallest absolute Gasteiger partial charge is 0.336 e. The van der Waals surface area contributed by atoms with Crippen LogP contribution in [0.5, 0.6) is 5.75 Å². The molecule has 2 aromatic rings. The minimum absolute atomic E-state index is 0.0165. The van der Waals surface area contributed by atoms with Crippen LogP contribution in [0.3, 0.4) is 0 Å². The van der Waals surface area contributed by atoms with Crippen LogP contribution in [-0.4, -0.2) is 28.9 Å². The zero-order valence-corrected chi connectivity index (χ0v) is 17.6. The van der Waals surface area contributed by atoms with E-state index in [4.69, 9.17) is 4.74 Å². The van der Waals surface area contributed by atoms with Crippen LogP contribution in [0.2, 0.25) is 0 Å². The van der Waals surface area contributed by atoms with E-state index in [9.17, 15) is 24.8 Å². The summed E-state index contributed by atoms with van der Waals surface area (Å²) in [4.78, 5) is 36.8. The van der Waals surface area contributed by atoms with Gasteiger partial charge in [0.05, 0.1) is 17.6 Å². The zero-order chi connectivity index (χ0) is 23.0. The Bertz CT molecular complexity index is 1180. The van der Waals surface area contributed by atoms with E-state index in [-0.39, 0.29) is 23.7 Å². The number of nitro groups is 1. The van der Waals surface area contributed by atoms with E-state index >= 15 is 0 Å². The lowest BCUT2D eigenvalue weighted by molar-refractivity contribution is -0.385. The van der Waals surface area contributed by atoms with Crippen molar-refractivity contribution in [2.24, 2.45) is 0 Å². The zero-order valence-electron chi connectivity index (χ0n) is 17.6. The van der Waals surface area contributed by atoms with Gasteiger partial charge in [0.25, 0.3) is 0 Å². The molecule has 2 unspecified atom stereocenters. The molecule has 2 N–H and O–H groups in total. The molecule has 0 saturated carbocycles. The number of esters is 1. The van der Waals surface area contributed by atoms with Gasteiger partial charge < -0.3 is 15.2 Å². The monoisotopic (exact) mass is 434 g/mol. The molecule has 2 aromatic carbocycles. The number of hydrogen-bond donors (Lipinski definition) is 2. The van der Waals surface area contributed by atoms with Gasteiger partial charge in [-0.3, -0.25) is 14.9 Å². The lowest BCUT2D eigenvalue weighted by Gasteiger charge is -2.36. The van der Waals surface area contributed by atoms with Crippen molar-refractivity contribution in [2.75, 3.05) is 7.11 Å². The molecule has 2 atom stereocenters. The summed E-state index contributed by atoms with van der Waals surface area (Å²) in [6, 6.07) is 13.7. The van der Waals surface area contributed by atoms with Gasteiger partial charge in [0, 0.05) is 35.4 Å². The van der Waals surface area contributed by atoms with Gasteiger partial charge in [-0.25, -0.2) is 4.79 Å². The fraction of sp³-hybridized carbons (Fsp3) is 0.250. The summed E-state index contributed by atoms with van der Waals surface area (Å²) in [5, 5.41) is 24.5. The lowest BCUT2D eigenvalue weighted by Crippen LogP contribution is -2.36. The summed E-state index contributed by atoms with van der Waals surface area (Å²) in [5.74, 6) is -2.09. The van der Waals surface area contributed by atoms with Gasteiger partial charge in [-0.15, -0.1) is 0 Å². The second-order valence-electron chi connectivity index (χ2n) is 7.92. The van der Waals surface area contributed by atoms with Crippen LogP contribution in [0.4, 0.5) is 5.69 Å². The summed E-state index contributed by atoms with van der Waals surface area (Å²) < 4.78 is 4.96. The Morgan fingerprint density at radius 3 is 2.53 bits per heavy atom. The third-order valence-corrected chi connectivity index (χ3v) is 6.03. The predicted molar refractivity (Wildman–Crippen MR) is 116 cm³/mol. The molecule has 0 saturated heterocycles. The number of carbonyl (C=O) groups excluding carboxylic acids is 2. The summed E-state index contributed by atoms with van der Waals surface area (Å²) >= 11 is 0. The summed E-state index contributed by atoms with van der Waals surface area (Å²) in [5.41, 5.74) is 2.77. The molecular formula is C24H22N2O6. The molecule has 0 fully saturated rings. The first-order valence-electron chi connectivity index (χ1n) is 10.2. The van der Waals surface area contributed by atoms with Crippen molar-refractivity contribution in [3.63, 3.8) is 0 Å². The fourth-order valence-corrected chi connectivity index (χ4v) is 4.58. The van der Waals surface area contributed by atoms with Crippen LogP contribution in [-0.2, 0) is 14.3 Å². The highest BCUT2D eigenvalue weighted by molar-refractivity contribution is 6.04. The third kappa shape index (κ3) is 3.64. The SMILES string of the molecule is COC(=O)C1=C(C)NC2=C(C(=O)CC(c3ccccc3)C2)C1c1ccc(O)c([N+](=O)[O-])c1. The van der Waals surface area contributed by atoms with Gasteiger partial charge in [0.1, 0.15) is 0 Å². The Labute approximate surface area is 184 Å². The summed E-state index contributed by atoms with van der Waals surface area (Å²) in [6.07, 6.45) is 0.822. The topological polar surface area (TPSA) is 119 Å². The Kier molecular flexibility index (Phi) is 5.52. The number of phenolic OH excluding ortho intramolecular Hbond substituents is 1.